The van der Waals surface area contributed by atoms with Crippen LogP contribution in [-0.2, 0) is 9.53 Å². The fourth-order valence-corrected chi connectivity index (χ4v) is 5.06. The number of carbonyl (C=O) groups excluding carboxylic acids is 2. The number of benzene rings is 1. The molecule has 4 aromatic rings. The van der Waals surface area contributed by atoms with Gasteiger partial charge in [0.2, 0.25) is 0 Å². The van der Waals surface area contributed by atoms with Gasteiger partial charge in [-0.05, 0) is 61.0 Å². The Bertz CT molecular complexity index is 1380. The van der Waals surface area contributed by atoms with Crippen LogP contribution in [0.3, 0.4) is 0 Å². The molecule has 1 aliphatic rings. The van der Waals surface area contributed by atoms with Gasteiger partial charge in [-0.3, -0.25) is 4.79 Å². The molecule has 0 radical (unpaired) electrons. The Hall–Kier alpha value is -3.92. The van der Waals surface area contributed by atoms with Crippen molar-refractivity contribution in [2.75, 3.05) is 13.7 Å². The van der Waals surface area contributed by atoms with Crippen molar-refractivity contribution in [3.05, 3.63) is 71.1 Å². The summed E-state index contributed by atoms with van der Waals surface area (Å²) in [5.41, 5.74) is 3.11. The highest BCUT2D eigenvalue weighted by Crippen LogP contribution is 2.33. The minimum Gasteiger partial charge on any atom is -0.467 e. The number of likely N-dealkylation sites (tertiary alicyclic amines) is 1. The summed E-state index contributed by atoms with van der Waals surface area (Å²) in [5, 5.41) is 6.39. The predicted molar refractivity (Wildman–Crippen MR) is 129 cm³/mol. The van der Waals surface area contributed by atoms with E-state index in [1.54, 1.807) is 23.2 Å². The molecule has 1 saturated heterocycles. The van der Waals surface area contributed by atoms with Crippen molar-refractivity contribution in [2.45, 2.75) is 25.8 Å². The molecule has 4 heterocycles. The van der Waals surface area contributed by atoms with E-state index in [1.165, 1.54) is 41.5 Å². The number of thiophene rings is 1. The third kappa shape index (κ3) is 4.21. The molecule has 1 aromatic carbocycles. The molecule has 0 saturated carbocycles. The van der Waals surface area contributed by atoms with E-state index in [4.69, 9.17) is 9.72 Å². The lowest BCUT2D eigenvalue weighted by Gasteiger charge is -2.22. The van der Waals surface area contributed by atoms with E-state index < -0.39 is 12.0 Å². The maximum absolute atomic E-state index is 13.6. The van der Waals surface area contributed by atoms with Crippen molar-refractivity contribution < 1.29 is 18.7 Å². The van der Waals surface area contributed by atoms with Crippen LogP contribution in [0.4, 0.5) is 4.39 Å². The van der Waals surface area contributed by atoms with Crippen LogP contribution in [0.5, 0.6) is 0 Å². The first-order chi connectivity index (χ1) is 17.0. The fraction of sp³-hybridized carbons (Fsp3) is 0.240. The number of hydrogen-bond acceptors (Lipinski definition) is 7. The van der Waals surface area contributed by atoms with Gasteiger partial charge in [0.25, 0.3) is 11.9 Å². The van der Waals surface area contributed by atoms with Gasteiger partial charge < -0.3 is 9.64 Å². The van der Waals surface area contributed by atoms with Crippen LogP contribution in [0.2, 0.25) is 0 Å². The molecule has 8 nitrogen and oxygen atoms in total. The lowest BCUT2D eigenvalue weighted by molar-refractivity contribution is -0.145. The van der Waals surface area contributed by atoms with Crippen LogP contribution in [0.15, 0.2) is 54.2 Å². The average Bonchev–Trinajstić information content (AvgIpc) is 3.64. The molecule has 3 aromatic heterocycles. The molecular weight excluding hydrogens is 469 g/mol. The van der Waals surface area contributed by atoms with Gasteiger partial charge in [-0.1, -0.05) is 6.07 Å². The molecule has 1 aliphatic heterocycles. The molecule has 0 N–H and O–H groups in total. The average molecular weight is 492 g/mol. The molecule has 178 valence electrons. The molecule has 35 heavy (non-hydrogen) atoms. The number of esters is 1. The van der Waals surface area contributed by atoms with E-state index in [2.05, 4.69) is 10.1 Å². The van der Waals surface area contributed by atoms with Crippen LogP contribution in [-0.4, -0.2) is 56.2 Å². The van der Waals surface area contributed by atoms with Gasteiger partial charge in [-0.25, -0.2) is 19.2 Å². The number of rotatable bonds is 5. The van der Waals surface area contributed by atoms with Crippen molar-refractivity contribution in [2.24, 2.45) is 0 Å². The summed E-state index contributed by atoms with van der Waals surface area (Å²) in [6, 6.07) is 9.25. The second-order valence-electron chi connectivity index (χ2n) is 8.18. The van der Waals surface area contributed by atoms with E-state index >= 15 is 0 Å². The zero-order chi connectivity index (χ0) is 24.5. The summed E-state index contributed by atoms with van der Waals surface area (Å²) in [4.78, 5) is 37.4. The molecular formula is C25H22FN5O3S. The Kier molecular flexibility index (Phi) is 6.12. The topological polar surface area (TPSA) is 90.2 Å². The summed E-state index contributed by atoms with van der Waals surface area (Å²) in [6.45, 7) is 2.34. The third-order valence-corrected chi connectivity index (χ3v) is 6.88. The van der Waals surface area contributed by atoms with Crippen LogP contribution < -0.4 is 0 Å². The van der Waals surface area contributed by atoms with Gasteiger partial charge in [0, 0.05) is 18.3 Å². The number of aromatic nitrogens is 4. The number of ether oxygens (including phenoxy) is 1. The first kappa shape index (κ1) is 22.9. The number of amides is 1. The smallest absolute Gasteiger partial charge is 0.328 e. The summed E-state index contributed by atoms with van der Waals surface area (Å²) in [6.07, 6.45) is 4.44. The van der Waals surface area contributed by atoms with Gasteiger partial charge >= 0.3 is 5.97 Å². The highest BCUT2D eigenvalue weighted by atomic mass is 32.1. The molecule has 0 aliphatic carbocycles. The Labute approximate surface area is 205 Å². The molecule has 1 atom stereocenters. The SMILES string of the molecule is COC(=O)[C@@H]1CCCN1C(=O)c1cnn(-c2ncc(C)c(-c3ccc(F)cc3)n2)c1-c1cccs1. The fourth-order valence-electron chi connectivity index (χ4n) is 4.29. The number of halogens is 1. The van der Waals surface area contributed by atoms with E-state index in [0.29, 0.717) is 29.9 Å². The normalized spacial score (nSPS) is 15.4. The predicted octanol–water partition coefficient (Wildman–Crippen LogP) is 4.28. The van der Waals surface area contributed by atoms with Gasteiger partial charge in [0.15, 0.2) is 0 Å². The van der Waals surface area contributed by atoms with E-state index in [1.807, 2.05) is 24.4 Å². The highest BCUT2D eigenvalue weighted by molar-refractivity contribution is 7.13. The molecule has 0 unspecified atom stereocenters. The minimum atomic E-state index is -0.618. The van der Waals surface area contributed by atoms with Crippen LogP contribution in [0.1, 0.15) is 28.8 Å². The molecule has 0 bridgehead atoms. The van der Waals surface area contributed by atoms with Gasteiger partial charge in [0.05, 0.1) is 29.4 Å². The van der Waals surface area contributed by atoms with Crippen molar-refractivity contribution in [3.8, 4) is 27.8 Å². The van der Waals surface area contributed by atoms with Crippen LogP contribution in [0, 0.1) is 12.7 Å². The lowest BCUT2D eigenvalue weighted by atomic mass is 10.1. The monoisotopic (exact) mass is 491 g/mol. The van der Waals surface area contributed by atoms with Gasteiger partial charge in [-0.2, -0.15) is 9.78 Å². The third-order valence-electron chi connectivity index (χ3n) is 6.01. The molecule has 10 heteroatoms. The molecule has 1 fully saturated rings. The van der Waals surface area contributed by atoms with Crippen molar-refractivity contribution in [3.63, 3.8) is 0 Å². The van der Waals surface area contributed by atoms with Crippen LogP contribution >= 0.6 is 11.3 Å². The van der Waals surface area contributed by atoms with Crippen molar-refractivity contribution in [1.29, 1.82) is 0 Å². The first-order valence-electron chi connectivity index (χ1n) is 11.1. The van der Waals surface area contributed by atoms with Crippen molar-refractivity contribution in [1.82, 2.24) is 24.6 Å². The summed E-state index contributed by atoms with van der Waals surface area (Å²) < 4.78 is 19.9. The number of methoxy groups -OCH3 is 1. The summed E-state index contributed by atoms with van der Waals surface area (Å²) in [5.74, 6) is -0.767. The zero-order valence-electron chi connectivity index (χ0n) is 19.1. The van der Waals surface area contributed by atoms with E-state index in [9.17, 15) is 14.0 Å². The largest absolute Gasteiger partial charge is 0.467 e. The number of carbonyl (C=O) groups is 2. The number of hydrogen-bond donors (Lipinski definition) is 0. The van der Waals surface area contributed by atoms with Crippen molar-refractivity contribution >= 4 is 23.2 Å². The Morgan fingerprint density at radius 1 is 1.17 bits per heavy atom. The Balaban J connectivity index is 1.60. The maximum atomic E-state index is 13.6. The second-order valence-corrected chi connectivity index (χ2v) is 9.13. The molecule has 1 amide bonds. The minimum absolute atomic E-state index is 0.281. The quantitative estimate of drug-likeness (QED) is 0.387. The molecule has 5 rings (SSSR count). The second kappa shape index (κ2) is 9.38. The zero-order valence-corrected chi connectivity index (χ0v) is 20.0. The first-order valence-corrected chi connectivity index (χ1v) is 12.0. The highest BCUT2D eigenvalue weighted by Gasteiger charge is 2.37. The maximum Gasteiger partial charge on any atom is 0.328 e. The Morgan fingerprint density at radius 2 is 1.97 bits per heavy atom. The van der Waals surface area contributed by atoms with Gasteiger partial charge in [0.1, 0.15) is 17.6 Å². The van der Waals surface area contributed by atoms with E-state index in [0.717, 1.165) is 22.4 Å². The van der Waals surface area contributed by atoms with E-state index in [-0.39, 0.29) is 17.7 Å². The Morgan fingerprint density at radius 3 is 2.69 bits per heavy atom. The number of nitrogens with zero attached hydrogens (tertiary/aromatic N) is 5. The standard InChI is InChI=1S/C25H22FN5O3S/c1-15-13-27-25(29-21(15)16-7-9-17(26)10-8-16)31-22(20-6-4-12-35-20)18(14-28-31)23(32)30-11-3-5-19(30)24(33)34-2/h4,6-10,12-14,19H,3,5,11H2,1-2H3/t19-/m0/s1. The number of aryl methyl sites for hydroxylation is 1. The van der Waals surface area contributed by atoms with Crippen LogP contribution in [0.25, 0.3) is 27.8 Å². The summed E-state index contributed by atoms with van der Waals surface area (Å²) in [7, 11) is 1.33. The van der Waals surface area contributed by atoms with Gasteiger partial charge in [-0.15, -0.1) is 11.3 Å². The lowest BCUT2D eigenvalue weighted by Crippen LogP contribution is -2.41. The summed E-state index contributed by atoms with van der Waals surface area (Å²) >= 11 is 1.46. The molecule has 0 spiro atoms.